The number of nitrogens with one attached hydrogen (secondary N) is 1. The third-order valence-electron chi connectivity index (χ3n) is 3.99. The number of halogens is 2. The van der Waals surface area contributed by atoms with Crippen LogP contribution in [0.1, 0.15) is 41.6 Å². The molecule has 2 nitrogen and oxygen atoms in total. The molecule has 1 fully saturated rings. The Hall–Kier alpha value is -0.350. The van der Waals surface area contributed by atoms with Crippen molar-refractivity contribution in [2.75, 3.05) is 11.9 Å². The number of aryl methyl sites for hydroxylation is 1. The van der Waals surface area contributed by atoms with Gasteiger partial charge < -0.3 is 5.32 Å². The smallest absolute Gasteiger partial charge is 0.251 e. The number of alkyl halides is 1. The zero-order valence-electron chi connectivity index (χ0n) is 11.1. The van der Waals surface area contributed by atoms with E-state index < -0.39 is 0 Å². The van der Waals surface area contributed by atoms with Gasteiger partial charge in [0.05, 0.1) is 0 Å². The van der Waals surface area contributed by atoms with Gasteiger partial charge in [-0.2, -0.15) is 0 Å². The highest BCUT2D eigenvalue weighted by Crippen LogP contribution is 2.39. The second-order valence-corrected chi connectivity index (χ2v) is 6.90. The van der Waals surface area contributed by atoms with E-state index in [2.05, 4.69) is 37.2 Å². The topological polar surface area (TPSA) is 29.1 Å². The SMILES string of the molecule is Cc1cc(C(=O)NCC2(CBr)CCCC2)ccc1Br. The lowest BCUT2D eigenvalue weighted by Crippen LogP contribution is -2.37. The highest BCUT2D eigenvalue weighted by atomic mass is 79.9. The van der Waals surface area contributed by atoms with Crippen molar-refractivity contribution in [1.82, 2.24) is 5.32 Å². The van der Waals surface area contributed by atoms with Crippen LogP contribution in [0.5, 0.6) is 0 Å². The van der Waals surface area contributed by atoms with Gasteiger partial charge >= 0.3 is 0 Å². The molecule has 1 amide bonds. The molecule has 0 spiro atoms. The number of benzene rings is 1. The van der Waals surface area contributed by atoms with Gasteiger partial charge in [-0.3, -0.25) is 4.79 Å². The first-order valence-electron chi connectivity index (χ1n) is 6.67. The summed E-state index contributed by atoms with van der Waals surface area (Å²) in [5.74, 6) is 0.0304. The number of carbonyl (C=O) groups is 1. The van der Waals surface area contributed by atoms with Crippen LogP contribution in [0.25, 0.3) is 0 Å². The van der Waals surface area contributed by atoms with Crippen molar-refractivity contribution in [3.05, 3.63) is 33.8 Å². The number of amides is 1. The molecule has 1 aromatic carbocycles. The predicted octanol–water partition coefficient (Wildman–Crippen LogP) is 4.44. The first-order valence-corrected chi connectivity index (χ1v) is 8.58. The minimum atomic E-state index is 0.0304. The van der Waals surface area contributed by atoms with E-state index in [-0.39, 0.29) is 11.3 Å². The molecule has 0 unspecified atom stereocenters. The first-order chi connectivity index (χ1) is 9.06. The second kappa shape index (κ2) is 6.40. The molecular weight excluding hydrogens is 370 g/mol. The molecule has 0 saturated heterocycles. The molecule has 0 aromatic heterocycles. The summed E-state index contributed by atoms with van der Waals surface area (Å²) in [7, 11) is 0. The number of carbonyl (C=O) groups excluding carboxylic acids is 1. The fourth-order valence-electron chi connectivity index (χ4n) is 2.64. The van der Waals surface area contributed by atoms with E-state index in [9.17, 15) is 4.79 Å². The molecule has 0 aliphatic heterocycles. The van der Waals surface area contributed by atoms with E-state index >= 15 is 0 Å². The highest BCUT2D eigenvalue weighted by molar-refractivity contribution is 9.10. The fraction of sp³-hybridized carbons (Fsp3) is 0.533. The van der Waals surface area contributed by atoms with Gasteiger partial charge in [0.1, 0.15) is 0 Å². The molecule has 1 saturated carbocycles. The molecule has 4 heteroatoms. The normalized spacial score (nSPS) is 17.4. The van der Waals surface area contributed by atoms with Crippen LogP contribution in [0, 0.1) is 12.3 Å². The van der Waals surface area contributed by atoms with Crippen molar-refractivity contribution in [2.45, 2.75) is 32.6 Å². The quantitative estimate of drug-likeness (QED) is 0.758. The molecule has 19 heavy (non-hydrogen) atoms. The third-order valence-corrected chi connectivity index (χ3v) is 6.07. The fourth-order valence-corrected chi connectivity index (χ4v) is 3.64. The lowest BCUT2D eigenvalue weighted by Gasteiger charge is -2.26. The van der Waals surface area contributed by atoms with Crippen LogP contribution in [0.15, 0.2) is 22.7 Å². The molecule has 0 heterocycles. The van der Waals surface area contributed by atoms with Crippen molar-refractivity contribution in [3.8, 4) is 0 Å². The number of rotatable bonds is 4. The van der Waals surface area contributed by atoms with Crippen LogP contribution in [0.2, 0.25) is 0 Å². The molecule has 0 bridgehead atoms. The maximum absolute atomic E-state index is 12.2. The van der Waals surface area contributed by atoms with Gasteiger partial charge in [0, 0.05) is 21.9 Å². The Balaban J connectivity index is 1.99. The van der Waals surface area contributed by atoms with Crippen LogP contribution < -0.4 is 5.32 Å². The van der Waals surface area contributed by atoms with E-state index in [1.807, 2.05) is 25.1 Å². The van der Waals surface area contributed by atoms with E-state index in [4.69, 9.17) is 0 Å². The highest BCUT2D eigenvalue weighted by Gasteiger charge is 2.33. The van der Waals surface area contributed by atoms with Crippen LogP contribution in [0.4, 0.5) is 0 Å². The van der Waals surface area contributed by atoms with Gasteiger partial charge in [-0.05, 0) is 48.9 Å². The van der Waals surface area contributed by atoms with Crippen LogP contribution >= 0.6 is 31.9 Å². The minimum absolute atomic E-state index is 0.0304. The van der Waals surface area contributed by atoms with Crippen molar-refractivity contribution in [3.63, 3.8) is 0 Å². The summed E-state index contributed by atoms with van der Waals surface area (Å²) >= 11 is 7.06. The minimum Gasteiger partial charge on any atom is -0.351 e. The van der Waals surface area contributed by atoms with E-state index in [0.717, 1.165) is 27.5 Å². The zero-order chi connectivity index (χ0) is 13.9. The van der Waals surface area contributed by atoms with E-state index in [1.54, 1.807) is 0 Å². The monoisotopic (exact) mass is 387 g/mol. The van der Waals surface area contributed by atoms with Crippen LogP contribution in [-0.2, 0) is 0 Å². The average Bonchev–Trinajstić information content (AvgIpc) is 2.89. The molecule has 2 rings (SSSR count). The average molecular weight is 389 g/mol. The van der Waals surface area contributed by atoms with Crippen molar-refractivity contribution < 1.29 is 4.79 Å². The number of hydrogen-bond acceptors (Lipinski definition) is 1. The van der Waals surface area contributed by atoms with E-state index in [0.29, 0.717) is 0 Å². The maximum Gasteiger partial charge on any atom is 0.251 e. The Bertz CT molecular complexity index is 467. The van der Waals surface area contributed by atoms with Crippen molar-refractivity contribution in [2.24, 2.45) is 5.41 Å². The Morgan fingerprint density at radius 3 is 2.63 bits per heavy atom. The second-order valence-electron chi connectivity index (χ2n) is 5.49. The first kappa shape index (κ1) is 15.0. The molecule has 1 aliphatic rings. The van der Waals surface area contributed by atoms with Gasteiger partial charge in [-0.25, -0.2) is 0 Å². The molecule has 1 aromatic rings. The summed E-state index contributed by atoms with van der Waals surface area (Å²) in [6.07, 6.45) is 4.97. The number of hydrogen-bond donors (Lipinski definition) is 1. The third kappa shape index (κ3) is 3.60. The molecule has 0 atom stereocenters. The molecule has 0 radical (unpaired) electrons. The van der Waals surface area contributed by atoms with E-state index in [1.165, 1.54) is 25.7 Å². The summed E-state index contributed by atoms with van der Waals surface area (Å²) < 4.78 is 1.04. The van der Waals surface area contributed by atoms with Crippen molar-refractivity contribution in [1.29, 1.82) is 0 Å². The molecular formula is C15H19Br2NO. The summed E-state index contributed by atoms with van der Waals surface area (Å²) in [6, 6.07) is 5.72. The zero-order valence-corrected chi connectivity index (χ0v) is 14.3. The lowest BCUT2D eigenvalue weighted by molar-refractivity contribution is 0.0935. The Kier molecular flexibility index (Phi) is 5.07. The molecule has 1 N–H and O–H groups in total. The van der Waals surface area contributed by atoms with Crippen LogP contribution in [-0.4, -0.2) is 17.8 Å². The van der Waals surface area contributed by atoms with Gasteiger partial charge in [0.2, 0.25) is 0 Å². The van der Waals surface area contributed by atoms with Gasteiger partial charge in [-0.15, -0.1) is 0 Å². The van der Waals surface area contributed by atoms with Crippen molar-refractivity contribution >= 4 is 37.8 Å². The Morgan fingerprint density at radius 2 is 2.05 bits per heavy atom. The standard InChI is InChI=1S/C15H19Br2NO/c1-11-8-12(4-5-13(11)17)14(19)18-10-15(9-16)6-2-3-7-15/h4-5,8H,2-3,6-7,9-10H2,1H3,(H,18,19). The summed E-state index contributed by atoms with van der Waals surface area (Å²) in [5.41, 5.74) is 2.09. The molecule has 1 aliphatic carbocycles. The molecule has 104 valence electrons. The Morgan fingerprint density at radius 1 is 1.37 bits per heavy atom. The summed E-state index contributed by atoms with van der Waals surface area (Å²) in [4.78, 5) is 12.2. The van der Waals surface area contributed by atoms with Crippen LogP contribution in [0.3, 0.4) is 0 Å². The lowest BCUT2D eigenvalue weighted by atomic mass is 9.89. The van der Waals surface area contributed by atoms with Gasteiger partial charge in [0.25, 0.3) is 5.91 Å². The largest absolute Gasteiger partial charge is 0.351 e. The maximum atomic E-state index is 12.2. The Labute approximate surface area is 131 Å². The van der Waals surface area contributed by atoms with Gasteiger partial charge in [-0.1, -0.05) is 44.7 Å². The summed E-state index contributed by atoms with van der Waals surface area (Å²) in [5, 5.41) is 4.07. The predicted molar refractivity (Wildman–Crippen MR) is 85.9 cm³/mol. The summed E-state index contributed by atoms with van der Waals surface area (Å²) in [6.45, 7) is 2.77. The van der Waals surface area contributed by atoms with Gasteiger partial charge in [0.15, 0.2) is 0 Å².